The summed E-state index contributed by atoms with van der Waals surface area (Å²) in [7, 11) is 0. The summed E-state index contributed by atoms with van der Waals surface area (Å²) < 4.78 is 5.80. The van der Waals surface area contributed by atoms with E-state index in [1.807, 2.05) is 42.5 Å². The van der Waals surface area contributed by atoms with Crippen molar-refractivity contribution in [3.05, 3.63) is 60.2 Å². The van der Waals surface area contributed by atoms with Crippen LogP contribution in [0.5, 0.6) is 11.5 Å². The Morgan fingerprint density at radius 3 is 2.20 bits per heavy atom. The molecule has 0 amide bonds. The zero-order chi connectivity index (χ0) is 14.2. The Hall–Kier alpha value is -1.28. The third-order valence-corrected chi connectivity index (χ3v) is 4.27. The molecule has 1 unspecified atom stereocenters. The summed E-state index contributed by atoms with van der Waals surface area (Å²) in [5.74, 6) is 1.76. The van der Waals surface area contributed by atoms with E-state index in [0.717, 1.165) is 11.5 Å². The molecule has 0 aliphatic heterocycles. The van der Waals surface area contributed by atoms with Crippen molar-refractivity contribution >= 4 is 15.9 Å². The van der Waals surface area contributed by atoms with Crippen LogP contribution in [0.4, 0.5) is 0 Å². The Labute approximate surface area is 130 Å². The zero-order valence-corrected chi connectivity index (χ0v) is 13.5. The SMILES string of the molecule is CCCCCC(Br)c1ccc(Oc2ccccc2)cc1. The van der Waals surface area contributed by atoms with Crippen LogP contribution in [0.3, 0.4) is 0 Å². The Morgan fingerprint density at radius 2 is 1.55 bits per heavy atom. The van der Waals surface area contributed by atoms with Crippen LogP contribution in [0.25, 0.3) is 0 Å². The number of ether oxygens (including phenoxy) is 1. The molecule has 0 bridgehead atoms. The van der Waals surface area contributed by atoms with Gasteiger partial charge in [-0.05, 0) is 36.2 Å². The van der Waals surface area contributed by atoms with Crippen molar-refractivity contribution in [1.82, 2.24) is 0 Å². The first kappa shape index (κ1) is 15.1. The number of para-hydroxylation sites is 1. The van der Waals surface area contributed by atoms with E-state index in [4.69, 9.17) is 4.74 Å². The van der Waals surface area contributed by atoms with Crippen LogP contribution < -0.4 is 4.74 Å². The van der Waals surface area contributed by atoms with Crippen LogP contribution in [0.1, 0.15) is 43.0 Å². The quantitative estimate of drug-likeness (QED) is 0.415. The molecule has 0 saturated heterocycles. The number of rotatable bonds is 7. The standard InChI is InChI=1S/C18H21BrO/c1-2-3-5-10-18(19)15-11-13-17(14-12-15)20-16-8-6-4-7-9-16/h4,6-9,11-14,18H,2-3,5,10H2,1H3. The van der Waals surface area contributed by atoms with E-state index in [1.165, 1.54) is 31.2 Å². The van der Waals surface area contributed by atoms with Gasteiger partial charge in [0.2, 0.25) is 0 Å². The summed E-state index contributed by atoms with van der Waals surface area (Å²) in [5.41, 5.74) is 1.32. The van der Waals surface area contributed by atoms with Crippen molar-refractivity contribution in [2.75, 3.05) is 0 Å². The lowest BCUT2D eigenvalue weighted by Gasteiger charge is -2.11. The number of hydrogen-bond donors (Lipinski definition) is 0. The Kier molecular flexibility index (Phi) is 6.13. The second kappa shape index (κ2) is 8.11. The summed E-state index contributed by atoms with van der Waals surface area (Å²) in [4.78, 5) is 0.444. The van der Waals surface area contributed by atoms with Gasteiger partial charge in [0.05, 0.1) is 0 Å². The molecular weight excluding hydrogens is 312 g/mol. The van der Waals surface area contributed by atoms with Crippen molar-refractivity contribution in [2.45, 2.75) is 37.4 Å². The van der Waals surface area contributed by atoms with Gasteiger partial charge in [-0.15, -0.1) is 0 Å². The van der Waals surface area contributed by atoms with Crippen molar-refractivity contribution in [2.24, 2.45) is 0 Å². The Morgan fingerprint density at radius 1 is 0.900 bits per heavy atom. The topological polar surface area (TPSA) is 9.23 Å². The average Bonchev–Trinajstić information content (AvgIpc) is 2.49. The highest BCUT2D eigenvalue weighted by Crippen LogP contribution is 2.30. The number of unbranched alkanes of at least 4 members (excludes halogenated alkanes) is 2. The fourth-order valence-electron chi connectivity index (χ4n) is 2.11. The third-order valence-electron chi connectivity index (χ3n) is 3.28. The summed E-state index contributed by atoms with van der Waals surface area (Å²) in [6, 6.07) is 18.2. The largest absolute Gasteiger partial charge is 0.457 e. The van der Waals surface area contributed by atoms with Crippen LogP contribution in [0.2, 0.25) is 0 Å². The third kappa shape index (κ3) is 4.68. The first-order valence-electron chi connectivity index (χ1n) is 7.26. The van der Waals surface area contributed by atoms with Gasteiger partial charge >= 0.3 is 0 Å². The van der Waals surface area contributed by atoms with Gasteiger partial charge in [-0.25, -0.2) is 0 Å². The molecule has 0 aliphatic carbocycles. The lowest BCUT2D eigenvalue weighted by Crippen LogP contribution is -1.91. The van der Waals surface area contributed by atoms with Crippen molar-refractivity contribution < 1.29 is 4.74 Å². The monoisotopic (exact) mass is 332 g/mol. The summed E-state index contributed by atoms with van der Waals surface area (Å²) in [6.45, 7) is 2.24. The maximum Gasteiger partial charge on any atom is 0.127 e. The van der Waals surface area contributed by atoms with Crippen LogP contribution >= 0.6 is 15.9 Å². The molecule has 2 aromatic carbocycles. The Bertz CT molecular complexity index is 493. The summed E-state index contributed by atoms with van der Waals surface area (Å²) in [6.07, 6.45) is 5.03. The molecule has 2 heteroatoms. The predicted octanol–water partition coefficient (Wildman–Crippen LogP) is 6.50. The van der Waals surface area contributed by atoms with Gasteiger partial charge in [0.15, 0.2) is 0 Å². The van der Waals surface area contributed by atoms with E-state index in [9.17, 15) is 0 Å². The first-order valence-corrected chi connectivity index (χ1v) is 8.18. The zero-order valence-electron chi connectivity index (χ0n) is 11.9. The second-order valence-electron chi connectivity index (χ2n) is 4.95. The molecular formula is C18H21BrO. The molecule has 1 atom stereocenters. The number of halogens is 1. The molecule has 2 aromatic rings. The molecule has 0 aromatic heterocycles. The normalized spacial score (nSPS) is 12.1. The minimum atomic E-state index is 0.444. The minimum absolute atomic E-state index is 0.444. The second-order valence-corrected chi connectivity index (χ2v) is 6.05. The maximum atomic E-state index is 5.80. The van der Waals surface area contributed by atoms with Crippen LogP contribution in [0.15, 0.2) is 54.6 Å². The van der Waals surface area contributed by atoms with E-state index in [0.29, 0.717) is 4.83 Å². The minimum Gasteiger partial charge on any atom is -0.457 e. The lowest BCUT2D eigenvalue weighted by atomic mass is 10.1. The summed E-state index contributed by atoms with van der Waals surface area (Å²) >= 11 is 3.77. The van der Waals surface area contributed by atoms with Gasteiger partial charge in [0, 0.05) is 4.83 Å². The summed E-state index contributed by atoms with van der Waals surface area (Å²) in [5, 5.41) is 0. The van der Waals surface area contributed by atoms with E-state index in [2.05, 4.69) is 35.0 Å². The van der Waals surface area contributed by atoms with Gasteiger partial charge in [-0.1, -0.05) is 72.4 Å². The predicted molar refractivity (Wildman–Crippen MR) is 88.8 cm³/mol. The van der Waals surface area contributed by atoms with Crippen molar-refractivity contribution in [3.63, 3.8) is 0 Å². The van der Waals surface area contributed by atoms with Gasteiger partial charge in [-0.2, -0.15) is 0 Å². The molecule has 0 fully saturated rings. The molecule has 0 aliphatic rings. The van der Waals surface area contributed by atoms with Crippen LogP contribution in [0, 0.1) is 0 Å². The highest BCUT2D eigenvalue weighted by atomic mass is 79.9. The van der Waals surface area contributed by atoms with E-state index in [-0.39, 0.29) is 0 Å². The first-order chi connectivity index (χ1) is 9.79. The molecule has 1 nitrogen and oxygen atoms in total. The van der Waals surface area contributed by atoms with Crippen LogP contribution in [-0.2, 0) is 0 Å². The average molecular weight is 333 g/mol. The van der Waals surface area contributed by atoms with Crippen LogP contribution in [-0.4, -0.2) is 0 Å². The van der Waals surface area contributed by atoms with E-state index in [1.54, 1.807) is 0 Å². The molecule has 0 saturated carbocycles. The lowest BCUT2D eigenvalue weighted by molar-refractivity contribution is 0.482. The highest BCUT2D eigenvalue weighted by molar-refractivity contribution is 9.09. The highest BCUT2D eigenvalue weighted by Gasteiger charge is 2.07. The maximum absolute atomic E-state index is 5.80. The van der Waals surface area contributed by atoms with Gasteiger partial charge in [-0.3, -0.25) is 0 Å². The van der Waals surface area contributed by atoms with Crippen molar-refractivity contribution in [1.29, 1.82) is 0 Å². The molecule has 20 heavy (non-hydrogen) atoms. The molecule has 106 valence electrons. The fraction of sp³-hybridized carbons (Fsp3) is 0.333. The fourth-order valence-corrected chi connectivity index (χ4v) is 2.74. The molecule has 0 radical (unpaired) electrons. The van der Waals surface area contributed by atoms with Crippen molar-refractivity contribution in [3.8, 4) is 11.5 Å². The van der Waals surface area contributed by atoms with E-state index >= 15 is 0 Å². The number of alkyl halides is 1. The number of benzene rings is 2. The smallest absolute Gasteiger partial charge is 0.127 e. The molecule has 0 heterocycles. The Balaban J connectivity index is 1.92. The molecule has 0 spiro atoms. The van der Waals surface area contributed by atoms with Gasteiger partial charge in [0.1, 0.15) is 11.5 Å². The van der Waals surface area contributed by atoms with Gasteiger partial charge in [0.25, 0.3) is 0 Å². The van der Waals surface area contributed by atoms with E-state index < -0.39 is 0 Å². The molecule has 2 rings (SSSR count). The van der Waals surface area contributed by atoms with Gasteiger partial charge < -0.3 is 4.74 Å². The molecule has 0 N–H and O–H groups in total. The number of hydrogen-bond acceptors (Lipinski definition) is 1.